The van der Waals surface area contributed by atoms with Crippen molar-refractivity contribution in [3.8, 4) is 17.0 Å². The molecular weight excluding hydrogens is 358 g/mol. The lowest BCUT2D eigenvalue weighted by Gasteiger charge is -2.32. The molecular formula is C21H23N3O4. The quantitative estimate of drug-likeness (QED) is 0.878. The van der Waals surface area contributed by atoms with Crippen molar-refractivity contribution < 1.29 is 14.3 Å². The van der Waals surface area contributed by atoms with Gasteiger partial charge in [0.15, 0.2) is 0 Å². The highest BCUT2D eigenvalue weighted by Gasteiger charge is 2.40. The maximum atomic E-state index is 13.0. The first kappa shape index (κ1) is 18.3. The highest BCUT2D eigenvalue weighted by molar-refractivity contribution is 5.95. The van der Waals surface area contributed by atoms with Crippen LogP contribution in [0.1, 0.15) is 23.2 Å². The molecule has 1 aromatic carbocycles. The number of carbonyl (C=O) groups is 2. The van der Waals surface area contributed by atoms with Gasteiger partial charge in [0, 0.05) is 31.9 Å². The van der Waals surface area contributed by atoms with Crippen molar-refractivity contribution >= 4 is 11.8 Å². The van der Waals surface area contributed by atoms with Crippen LogP contribution in [0.5, 0.6) is 5.75 Å². The zero-order chi connectivity index (χ0) is 19.8. The van der Waals surface area contributed by atoms with E-state index in [2.05, 4.69) is 4.98 Å². The number of ether oxygens (including phenoxy) is 1. The van der Waals surface area contributed by atoms with E-state index < -0.39 is 5.56 Å². The number of rotatable bonds is 3. The van der Waals surface area contributed by atoms with Crippen LogP contribution in [0.2, 0.25) is 0 Å². The number of piperidine rings is 1. The summed E-state index contributed by atoms with van der Waals surface area (Å²) in [5.74, 6) is 0.330. The van der Waals surface area contributed by atoms with Gasteiger partial charge in [-0.3, -0.25) is 14.4 Å². The minimum atomic E-state index is -0.422. The Morgan fingerprint density at radius 1 is 1.07 bits per heavy atom. The SMILES string of the molecule is COc1ccc(-c2ccc(C(=O)N3C[C@H]4CC[C@@H](C3)N(C)C4=O)c(=O)[nH]2)cc1. The van der Waals surface area contributed by atoms with Crippen LogP contribution in [0.4, 0.5) is 0 Å². The molecule has 2 atom stereocenters. The molecule has 28 heavy (non-hydrogen) atoms. The summed E-state index contributed by atoms with van der Waals surface area (Å²) in [6.45, 7) is 0.843. The number of carbonyl (C=O) groups excluding carboxylic acids is 2. The lowest BCUT2D eigenvalue weighted by molar-refractivity contribution is -0.138. The molecule has 0 saturated carbocycles. The summed E-state index contributed by atoms with van der Waals surface area (Å²) in [6, 6.07) is 10.6. The first-order valence-corrected chi connectivity index (χ1v) is 9.41. The average Bonchev–Trinajstić information content (AvgIpc) is 3.00. The van der Waals surface area contributed by atoms with Gasteiger partial charge in [0.05, 0.1) is 13.0 Å². The van der Waals surface area contributed by atoms with Crippen LogP contribution < -0.4 is 10.3 Å². The van der Waals surface area contributed by atoms with Crippen molar-refractivity contribution in [1.29, 1.82) is 0 Å². The summed E-state index contributed by atoms with van der Waals surface area (Å²) in [6.07, 6.45) is 1.69. The van der Waals surface area contributed by atoms with Crippen LogP contribution in [0.15, 0.2) is 41.2 Å². The Hall–Kier alpha value is -3.09. The third kappa shape index (κ3) is 3.17. The number of methoxy groups -OCH3 is 1. The highest BCUT2D eigenvalue weighted by atomic mass is 16.5. The zero-order valence-electron chi connectivity index (χ0n) is 16.0. The summed E-state index contributed by atoms with van der Waals surface area (Å²) in [5.41, 5.74) is 1.15. The topological polar surface area (TPSA) is 82.7 Å². The molecule has 0 spiro atoms. The number of likely N-dealkylation sites (N-methyl/N-ethyl adjacent to an activating group) is 1. The van der Waals surface area contributed by atoms with Crippen molar-refractivity contribution in [2.24, 2.45) is 5.92 Å². The Labute approximate surface area is 162 Å². The van der Waals surface area contributed by atoms with E-state index in [1.54, 1.807) is 36.1 Å². The molecule has 3 fully saturated rings. The molecule has 4 heterocycles. The van der Waals surface area contributed by atoms with E-state index in [9.17, 15) is 14.4 Å². The third-order valence-electron chi connectivity index (χ3n) is 5.79. The molecule has 2 amide bonds. The molecule has 7 nitrogen and oxygen atoms in total. The van der Waals surface area contributed by atoms with Crippen LogP contribution in [0.25, 0.3) is 11.3 Å². The Morgan fingerprint density at radius 2 is 1.82 bits per heavy atom. The first-order chi connectivity index (χ1) is 13.5. The molecule has 1 aromatic heterocycles. The first-order valence-electron chi connectivity index (χ1n) is 9.41. The van der Waals surface area contributed by atoms with E-state index in [1.165, 1.54) is 0 Å². The van der Waals surface area contributed by atoms with E-state index in [0.717, 1.165) is 24.2 Å². The predicted octanol–water partition coefficient (Wildman–Crippen LogP) is 1.74. The molecule has 3 saturated heterocycles. The number of nitrogens with one attached hydrogen (secondary N) is 1. The van der Waals surface area contributed by atoms with Gasteiger partial charge in [0.2, 0.25) is 5.91 Å². The molecule has 1 N–H and O–H groups in total. The van der Waals surface area contributed by atoms with Gasteiger partial charge in [-0.15, -0.1) is 0 Å². The van der Waals surface area contributed by atoms with E-state index >= 15 is 0 Å². The maximum absolute atomic E-state index is 13.0. The number of aromatic amines is 1. The van der Waals surface area contributed by atoms with E-state index in [-0.39, 0.29) is 29.3 Å². The van der Waals surface area contributed by atoms with Gasteiger partial charge in [0.25, 0.3) is 11.5 Å². The minimum absolute atomic E-state index is 0.0212. The van der Waals surface area contributed by atoms with Crippen molar-refractivity contribution in [1.82, 2.24) is 14.8 Å². The van der Waals surface area contributed by atoms with Crippen LogP contribution in [-0.4, -0.2) is 59.9 Å². The zero-order valence-corrected chi connectivity index (χ0v) is 16.0. The second-order valence-corrected chi connectivity index (χ2v) is 7.43. The summed E-state index contributed by atoms with van der Waals surface area (Å²) in [5, 5.41) is 0. The van der Waals surface area contributed by atoms with Gasteiger partial charge in [0.1, 0.15) is 11.3 Å². The van der Waals surface area contributed by atoms with E-state index in [1.807, 2.05) is 24.3 Å². The molecule has 5 rings (SSSR count). The van der Waals surface area contributed by atoms with Crippen molar-refractivity contribution in [3.63, 3.8) is 0 Å². The van der Waals surface area contributed by atoms with Crippen LogP contribution in [0, 0.1) is 5.92 Å². The number of H-pyrrole nitrogens is 1. The van der Waals surface area contributed by atoms with E-state index in [4.69, 9.17) is 4.74 Å². The second kappa shape index (κ2) is 7.14. The fourth-order valence-corrected chi connectivity index (χ4v) is 4.07. The van der Waals surface area contributed by atoms with Gasteiger partial charge >= 0.3 is 0 Å². The average molecular weight is 381 g/mol. The Balaban J connectivity index is 1.58. The fraction of sp³-hybridized carbons (Fsp3) is 0.381. The van der Waals surface area contributed by atoms with Gasteiger partial charge < -0.3 is 19.5 Å². The van der Waals surface area contributed by atoms with Crippen molar-refractivity contribution in [3.05, 3.63) is 52.3 Å². The molecule has 3 aliphatic rings. The number of nitrogens with zero attached hydrogens (tertiary/aromatic N) is 2. The lowest BCUT2D eigenvalue weighted by Crippen LogP contribution is -2.45. The van der Waals surface area contributed by atoms with Gasteiger partial charge in [-0.2, -0.15) is 0 Å². The van der Waals surface area contributed by atoms with Crippen LogP contribution in [0.3, 0.4) is 0 Å². The third-order valence-corrected chi connectivity index (χ3v) is 5.79. The number of amides is 2. The Morgan fingerprint density at radius 3 is 2.50 bits per heavy atom. The summed E-state index contributed by atoms with van der Waals surface area (Å²) in [7, 11) is 3.39. The number of aromatic nitrogens is 1. The largest absolute Gasteiger partial charge is 0.497 e. The van der Waals surface area contributed by atoms with E-state index in [0.29, 0.717) is 18.8 Å². The molecule has 2 bridgehead atoms. The molecule has 2 aromatic rings. The minimum Gasteiger partial charge on any atom is -0.497 e. The van der Waals surface area contributed by atoms with Gasteiger partial charge in [-0.05, 0) is 54.8 Å². The number of pyridine rings is 1. The molecule has 0 unspecified atom stereocenters. The van der Waals surface area contributed by atoms with Crippen molar-refractivity contribution in [2.45, 2.75) is 18.9 Å². The van der Waals surface area contributed by atoms with Gasteiger partial charge in [-0.25, -0.2) is 0 Å². The highest BCUT2D eigenvalue weighted by Crippen LogP contribution is 2.28. The molecule has 146 valence electrons. The Bertz CT molecular complexity index is 966. The molecule has 0 radical (unpaired) electrons. The standard InChI is InChI=1S/C21H23N3O4/c1-23-15-6-3-14(20(23)26)11-24(12-15)21(27)17-9-10-18(22-19(17)25)13-4-7-16(28-2)8-5-13/h4-5,7-10,14-15H,3,6,11-12H2,1-2H3,(H,22,25)/t14-,15+/m1/s1. The van der Waals surface area contributed by atoms with Gasteiger partial charge in [-0.1, -0.05) is 0 Å². The molecule has 7 heteroatoms. The monoisotopic (exact) mass is 381 g/mol. The number of fused-ring (bicyclic) bond motifs is 4. The number of benzene rings is 1. The van der Waals surface area contributed by atoms with Crippen LogP contribution in [-0.2, 0) is 4.79 Å². The fourth-order valence-electron chi connectivity index (χ4n) is 4.07. The normalized spacial score (nSPS) is 21.6. The maximum Gasteiger partial charge on any atom is 0.261 e. The summed E-state index contributed by atoms with van der Waals surface area (Å²) < 4.78 is 5.14. The lowest BCUT2D eigenvalue weighted by atomic mass is 9.95. The second-order valence-electron chi connectivity index (χ2n) is 7.43. The number of hydrogen-bond donors (Lipinski definition) is 1. The number of hydrogen-bond acceptors (Lipinski definition) is 4. The molecule has 3 aliphatic heterocycles. The predicted molar refractivity (Wildman–Crippen MR) is 104 cm³/mol. The Kier molecular flexibility index (Phi) is 4.66. The summed E-state index contributed by atoms with van der Waals surface area (Å²) >= 11 is 0. The summed E-state index contributed by atoms with van der Waals surface area (Å²) in [4.78, 5) is 44.1. The molecule has 0 aliphatic carbocycles. The smallest absolute Gasteiger partial charge is 0.261 e. The van der Waals surface area contributed by atoms with Crippen LogP contribution >= 0.6 is 0 Å². The van der Waals surface area contributed by atoms with Crippen molar-refractivity contribution in [2.75, 3.05) is 27.2 Å².